The summed E-state index contributed by atoms with van der Waals surface area (Å²) >= 11 is 0. The molecule has 10 heavy (non-hydrogen) atoms. The second kappa shape index (κ2) is 3.32. The molecule has 0 aliphatic carbocycles. The van der Waals surface area contributed by atoms with Gasteiger partial charge in [0.2, 0.25) is 0 Å². The molecule has 1 saturated heterocycles. The summed E-state index contributed by atoms with van der Waals surface area (Å²) in [5.74, 6) is 0. The van der Waals surface area contributed by atoms with Gasteiger partial charge in [-0.3, -0.25) is 0 Å². The van der Waals surface area contributed by atoms with Crippen molar-refractivity contribution in [2.75, 3.05) is 13.1 Å². The van der Waals surface area contributed by atoms with E-state index in [1.165, 1.54) is 0 Å². The molecular weight excluding hydrogens is 128 g/mol. The van der Waals surface area contributed by atoms with Crippen LogP contribution >= 0.6 is 0 Å². The molecule has 0 bridgehead atoms. The molecule has 1 heterocycles. The van der Waals surface area contributed by atoms with Crippen LogP contribution in [0.5, 0.6) is 0 Å². The minimum absolute atomic E-state index is 0.226. The van der Waals surface area contributed by atoms with E-state index in [4.69, 9.17) is 0 Å². The summed E-state index contributed by atoms with van der Waals surface area (Å²) in [6.45, 7) is 5.81. The third-order valence-electron chi connectivity index (χ3n) is 1.90. The van der Waals surface area contributed by atoms with Crippen molar-refractivity contribution in [1.29, 1.82) is 0 Å². The van der Waals surface area contributed by atoms with Crippen LogP contribution in [0.2, 0.25) is 0 Å². The maximum Gasteiger partial charge on any atom is 0.0677 e. The first-order valence-corrected chi connectivity index (χ1v) is 3.85. The van der Waals surface area contributed by atoms with Crippen LogP contribution in [-0.4, -0.2) is 36.4 Å². The summed E-state index contributed by atoms with van der Waals surface area (Å²) in [5, 5.41) is 15.7. The van der Waals surface area contributed by atoms with Crippen LogP contribution in [0.25, 0.3) is 0 Å². The highest BCUT2D eigenvalue weighted by atomic mass is 16.3. The van der Waals surface area contributed by atoms with Crippen LogP contribution in [0.1, 0.15) is 13.8 Å². The summed E-state index contributed by atoms with van der Waals surface area (Å²) in [6, 6.07) is 0.706. The van der Waals surface area contributed by atoms with Crippen LogP contribution in [-0.2, 0) is 0 Å². The van der Waals surface area contributed by atoms with Crippen molar-refractivity contribution >= 4 is 0 Å². The van der Waals surface area contributed by atoms with E-state index >= 15 is 0 Å². The fourth-order valence-corrected chi connectivity index (χ4v) is 1.25. The largest absolute Gasteiger partial charge is 0.392 e. The van der Waals surface area contributed by atoms with Gasteiger partial charge in [0.25, 0.3) is 0 Å². The minimum Gasteiger partial charge on any atom is -0.392 e. The quantitative estimate of drug-likeness (QED) is 0.457. The summed E-state index contributed by atoms with van der Waals surface area (Å²) in [6.07, 6.45) is -0.254. The Balaban J connectivity index is 2.32. The van der Waals surface area contributed by atoms with Gasteiger partial charge in [0.1, 0.15) is 0 Å². The van der Waals surface area contributed by atoms with Crippen molar-refractivity contribution < 1.29 is 5.11 Å². The van der Waals surface area contributed by atoms with Crippen LogP contribution < -0.4 is 10.6 Å². The van der Waals surface area contributed by atoms with Crippen LogP contribution in [0, 0.1) is 0 Å². The molecule has 3 nitrogen and oxygen atoms in total. The Hall–Kier alpha value is -0.120. The van der Waals surface area contributed by atoms with Crippen molar-refractivity contribution in [1.82, 2.24) is 10.6 Å². The van der Waals surface area contributed by atoms with E-state index < -0.39 is 0 Å². The van der Waals surface area contributed by atoms with Gasteiger partial charge in [-0.15, -0.1) is 0 Å². The normalized spacial score (nSPS) is 37.5. The van der Waals surface area contributed by atoms with Gasteiger partial charge in [0.15, 0.2) is 0 Å². The average molecular weight is 144 g/mol. The second-order valence-corrected chi connectivity index (χ2v) is 3.07. The zero-order valence-electron chi connectivity index (χ0n) is 6.59. The van der Waals surface area contributed by atoms with E-state index in [9.17, 15) is 5.11 Å². The predicted octanol–water partition coefficient (Wildman–Crippen LogP) is -0.683. The number of rotatable bonds is 1. The van der Waals surface area contributed by atoms with Crippen LogP contribution in [0.15, 0.2) is 0 Å². The Labute approximate surface area is 61.8 Å². The zero-order valence-corrected chi connectivity index (χ0v) is 6.59. The number of hydrogen-bond donors (Lipinski definition) is 3. The van der Waals surface area contributed by atoms with Gasteiger partial charge in [-0.2, -0.15) is 0 Å². The predicted molar refractivity (Wildman–Crippen MR) is 40.9 cm³/mol. The number of aliphatic hydroxyl groups is 1. The molecule has 3 heteroatoms. The van der Waals surface area contributed by atoms with Gasteiger partial charge >= 0.3 is 0 Å². The Morgan fingerprint density at radius 2 is 2.20 bits per heavy atom. The van der Waals surface area contributed by atoms with Gasteiger partial charge < -0.3 is 15.7 Å². The first-order valence-electron chi connectivity index (χ1n) is 3.85. The molecule has 0 radical (unpaired) electrons. The van der Waals surface area contributed by atoms with Crippen molar-refractivity contribution in [3.63, 3.8) is 0 Å². The number of hydrogen-bond acceptors (Lipinski definition) is 3. The van der Waals surface area contributed by atoms with Gasteiger partial charge in [0, 0.05) is 25.2 Å². The molecule has 1 fully saturated rings. The molecule has 0 amide bonds. The molecule has 0 aromatic carbocycles. The van der Waals surface area contributed by atoms with Gasteiger partial charge in [-0.25, -0.2) is 0 Å². The molecule has 1 aliphatic heterocycles. The fraction of sp³-hybridized carbons (Fsp3) is 1.00. The Morgan fingerprint density at radius 3 is 2.60 bits per heavy atom. The molecule has 60 valence electrons. The van der Waals surface area contributed by atoms with Crippen molar-refractivity contribution in [2.24, 2.45) is 0 Å². The van der Waals surface area contributed by atoms with Crippen molar-refractivity contribution in [3.05, 3.63) is 0 Å². The lowest BCUT2D eigenvalue weighted by atomic mass is 10.1. The van der Waals surface area contributed by atoms with Crippen molar-refractivity contribution in [2.45, 2.75) is 32.0 Å². The Kier molecular flexibility index (Phi) is 2.65. The van der Waals surface area contributed by atoms with Crippen LogP contribution in [0.4, 0.5) is 0 Å². The lowest BCUT2D eigenvalue weighted by molar-refractivity contribution is 0.126. The summed E-state index contributed by atoms with van der Waals surface area (Å²) in [7, 11) is 0. The van der Waals surface area contributed by atoms with Gasteiger partial charge in [-0.1, -0.05) is 0 Å². The molecule has 0 aromatic rings. The highest BCUT2D eigenvalue weighted by Gasteiger charge is 2.20. The lowest BCUT2D eigenvalue weighted by Gasteiger charge is -2.31. The first-order chi connectivity index (χ1) is 4.70. The Bertz CT molecular complexity index is 106. The van der Waals surface area contributed by atoms with E-state index in [2.05, 4.69) is 17.6 Å². The SMILES string of the molecule is CC1CNCC(C(C)O)N1. The molecule has 1 aliphatic rings. The summed E-state index contributed by atoms with van der Waals surface area (Å²) in [5.41, 5.74) is 0. The summed E-state index contributed by atoms with van der Waals surface area (Å²) in [4.78, 5) is 0. The molecule has 0 spiro atoms. The lowest BCUT2D eigenvalue weighted by Crippen LogP contribution is -2.57. The summed E-state index contributed by atoms with van der Waals surface area (Å²) < 4.78 is 0. The number of aliphatic hydroxyl groups excluding tert-OH is 1. The first kappa shape index (κ1) is 7.98. The Morgan fingerprint density at radius 1 is 1.50 bits per heavy atom. The standard InChI is InChI=1S/C7H16N2O/c1-5-3-8-4-7(9-5)6(2)10/h5-10H,3-4H2,1-2H3. The monoisotopic (exact) mass is 144 g/mol. The van der Waals surface area contributed by atoms with E-state index in [1.54, 1.807) is 0 Å². The third kappa shape index (κ3) is 1.94. The maximum atomic E-state index is 9.19. The molecule has 0 aromatic heterocycles. The number of nitrogens with one attached hydrogen (secondary N) is 2. The topological polar surface area (TPSA) is 44.3 Å². The molecule has 3 N–H and O–H groups in total. The van der Waals surface area contributed by atoms with E-state index in [1.807, 2.05) is 6.92 Å². The van der Waals surface area contributed by atoms with E-state index in [0.29, 0.717) is 6.04 Å². The van der Waals surface area contributed by atoms with E-state index in [0.717, 1.165) is 13.1 Å². The third-order valence-corrected chi connectivity index (χ3v) is 1.90. The minimum atomic E-state index is -0.254. The highest BCUT2D eigenvalue weighted by molar-refractivity contribution is 4.83. The van der Waals surface area contributed by atoms with Crippen LogP contribution in [0.3, 0.4) is 0 Å². The molecule has 3 atom stereocenters. The maximum absolute atomic E-state index is 9.19. The molecule has 1 rings (SSSR count). The zero-order chi connectivity index (χ0) is 7.56. The van der Waals surface area contributed by atoms with Gasteiger partial charge in [-0.05, 0) is 13.8 Å². The molecule has 0 saturated carbocycles. The second-order valence-electron chi connectivity index (χ2n) is 3.07. The average Bonchev–Trinajstić information content (AvgIpc) is 1.88. The van der Waals surface area contributed by atoms with Crippen molar-refractivity contribution in [3.8, 4) is 0 Å². The van der Waals surface area contributed by atoms with Gasteiger partial charge in [0.05, 0.1) is 6.10 Å². The highest BCUT2D eigenvalue weighted by Crippen LogP contribution is 1.97. The number of piperazine rings is 1. The molecule has 3 unspecified atom stereocenters. The van der Waals surface area contributed by atoms with E-state index in [-0.39, 0.29) is 12.1 Å². The fourth-order valence-electron chi connectivity index (χ4n) is 1.25. The smallest absolute Gasteiger partial charge is 0.0677 e. The molecular formula is C7H16N2O.